The van der Waals surface area contributed by atoms with Crippen LogP contribution in [0, 0.1) is 6.92 Å². The van der Waals surface area contributed by atoms with Gasteiger partial charge in [0.25, 0.3) is 0 Å². The third kappa shape index (κ3) is 1.65. The molecule has 0 spiro atoms. The molecule has 1 aliphatic rings. The Labute approximate surface area is 118 Å². The molecule has 0 saturated carbocycles. The average molecular weight is 259 g/mol. The Morgan fingerprint density at radius 2 is 1.95 bits per heavy atom. The van der Waals surface area contributed by atoms with E-state index >= 15 is 0 Å². The number of fused-ring (bicyclic) bond motifs is 3. The Morgan fingerprint density at radius 3 is 2.85 bits per heavy atom. The molecule has 96 valence electrons. The summed E-state index contributed by atoms with van der Waals surface area (Å²) in [7, 11) is 0. The largest absolute Gasteiger partial charge is 0.430 e. The lowest BCUT2D eigenvalue weighted by atomic mass is 9.66. The first-order valence-corrected chi connectivity index (χ1v) is 6.79. The minimum absolute atomic E-state index is 0.0507. The summed E-state index contributed by atoms with van der Waals surface area (Å²) in [6.45, 7) is 2.17. The summed E-state index contributed by atoms with van der Waals surface area (Å²) >= 11 is 0. The van der Waals surface area contributed by atoms with Crippen molar-refractivity contribution >= 4 is 18.1 Å². The monoisotopic (exact) mass is 259 g/mol. The highest BCUT2D eigenvalue weighted by atomic mass is 15.3. The van der Waals surface area contributed by atoms with Crippen LogP contribution >= 0.6 is 0 Å². The van der Waals surface area contributed by atoms with Crippen LogP contribution in [-0.4, -0.2) is 16.7 Å². The van der Waals surface area contributed by atoms with Gasteiger partial charge in [-0.2, -0.15) is 5.10 Å². The van der Waals surface area contributed by atoms with Gasteiger partial charge in [0.1, 0.15) is 0 Å². The van der Waals surface area contributed by atoms with Gasteiger partial charge in [-0.3, -0.25) is 4.59 Å². The van der Waals surface area contributed by atoms with Crippen molar-refractivity contribution in [1.82, 2.24) is 9.69 Å². The van der Waals surface area contributed by atoms with Crippen LogP contribution in [0.5, 0.6) is 0 Å². The van der Waals surface area contributed by atoms with Crippen LogP contribution in [0.1, 0.15) is 5.56 Å². The molecule has 0 unspecified atom stereocenters. The Balaban J connectivity index is 1.89. The van der Waals surface area contributed by atoms with Gasteiger partial charge in [0.15, 0.2) is 0 Å². The summed E-state index contributed by atoms with van der Waals surface area (Å²) in [6.07, 6.45) is 1.86. The maximum absolute atomic E-state index is 4.50. The Hall–Kier alpha value is -2.49. The molecule has 2 aromatic carbocycles. The number of hydrogen-bond acceptors (Lipinski definition) is 2. The van der Waals surface area contributed by atoms with Crippen LogP contribution in [0.15, 0.2) is 60.8 Å². The minimum atomic E-state index is 0.0507. The highest BCUT2D eigenvalue weighted by Gasteiger charge is 2.30. The summed E-state index contributed by atoms with van der Waals surface area (Å²) in [4.78, 5) is 0. The topological polar surface area (TPSA) is 29.9 Å². The lowest BCUT2D eigenvalue weighted by Crippen LogP contribution is -2.48. The van der Waals surface area contributed by atoms with Crippen molar-refractivity contribution < 1.29 is 0 Å². The fourth-order valence-corrected chi connectivity index (χ4v) is 2.84. The average Bonchev–Trinajstić information content (AvgIpc) is 2.96. The normalized spacial score (nSPS) is 12.6. The molecule has 0 bridgehead atoms. The summed E-state index contributed by atoms with van der Waals surface area (Å²) in [5, 5.41) is 8.08. The fourth-order valence-electron chi connectivity index (χ4n) is 2.84. The molecule has 1 N–H and O–H groups in total. The van der Waals surface area contributed by atoms with Gasteiger partial charge in [-0.1, -0.05) is 48.0 Å². The Bertz CT molecular complexity index is 779. The minimum Gasteiger partial charge on any atom is -0.404 e. The van der Waals surface area contributed by atoms with Crippen molar-refractivity contribution in [3.05, 3.63) is 66.4 Å². The van der Waals surface area contributed by atoms with Crippen molar-refractivity contribution in [3.63, 3.8) is 0 Å². The zero-order valence-electron chi connectivity index (χ0n) is 11.2. The standard InChI is InChI=1S/C16H14BN3/c1-12-5-4-6-13(11-12)17-19-15-8-3-2-7-14(15)16-9-10-18-20(16)17/h2-11,19H,1H3. The van der Waals surface area contributed by atoms with Gasteiger partial charge in [0, 0.05) is 17.4 Å². The number of aromatic nitrogens is 2. The number of nitrogens with one attached hydrogen (secondary N) is 1. The second-order valence-corrected chi connectivity index (χ2v) is 5.17. The highest BCUT2D eigenvalue weighted by Crippen LogP contribution is 2.31. The van der Waals surface area contributed by atoms with Gasteiger partial charge in [-0.15, -0.1) is 0 Å². The number of para-hydroxylation sites is 1. The van der Waals surface area contributed by atoms with Crippen molar-refractivity contribution in [2.24, 2.45) is 0 Å². The smallest absolute Gasteiger partial charge is 0.404 e. The van der Waals surface area contributed by atoms with E-state index in [2.05, 4.69) is 76.4 Å². The molecule has 0 saturated heterocycles. The maximum atomic E-state index is 4.50. The zero-order valence-corrected chi connectivity index (χ0v) is 11.2. The fraction of sp³-hybridized carbons (Fsp3) is 0.0625. The van der Waals surface area contributed by atoms with Crippen molar-refractivity contribution in [1.29, 1.82) is 0 Å². The molecule has 1 aromatic heterocycles. The number of benzene rings is 2. The second kappa shape index (κ2) is 4.27. The van der Waals surface area contributed by atoms with Gasteiger partial charge in [-0.05, 0) is 24.5 Å². The third-order valence-electron chi connectivity index (χ3n) is 3.77. The van der Waals surface area contributed by atoms with Crippen LogP contribution in [-0.2, 0) is 0 Å². The first-order chi connectivity index (χ1) is 9.83. The van der Waals surface area contributed by atoms with Crippen LogP contribution in [0.25, 0.3) is 11.3 Å². The lowest BCUT2D eigenvalue weighted by molar-refractivity contribution is 0.963. The molecule has 3 aromatic rings. The zero-order chi connectivity index (χ0) is 13.5. The Morgan fingerprint density at radius 1 is 1.05 bits per heavy atom. The van der Waals surface area contributed by atoms with Crippen molar-refractivity contribution in [2.45, 2.75) is 6.92 Å². The molecule has 4 rings (SSSR count). The number of anilines is 1. The van der Waals surface area contributed by atoms with Crippen LogP contribution in [0.2, 0.25) is 0 Å². The molecule has 0 atom stereocenters. The van der Waals surface area contributed by atoms with E-state index in [0.29, 0.717) is 0 Å². The number of hydrogen-bond donors (Lipinski definition) is 1. The SMILES string of the molecule is Cc1cccc(B2Nc3ccccc3-c3ccnn32)c1. The molecule has 0 aliphatic carbocycles. The number of nitrogens with zero attached hydrogens (tertiary/aromatic N) is 2. The summed E-state index contributed by atoms with van der Waals surface area (Å²) in [6, 6.07) is 19.0. The van der Waals surface area contributed by atoms with E-state index in [9.17, 15) is 0 Å². The molecule has 0 amide bonds. The number of aryl methyl sites for hydroxylation is 1. The summed E-state index contributed by atoms with van der Waals surface area (Å²) in [5.41, 5.74) is 6.01. The quantitative estimate of drug-likeness (QED) is 0.680. The van der Waals surface area contributed by atoms with Crippen LogP contribution in [0.4, 0.5) is 5.69 Å². The lowest BCUT2D eigenvalue weighted by Gasteiger charge is -2.26. The van der Waals surface area contributed by atoms with E-state index in [1.54, 1.807) is 0 Å². The summed E-state index contributed by atoms with van der Waals surface area (Å²) < 4.78 is 2.05. The molecule has 20 heavy (non-hydrogen) atoms. The first-order valence-electron chi connectivity index (χ1n) is 6.79. The van der Waals surface area contributed by atoms with E-state index in [1.165, 1.54) is 16.6 Å². The van der Waals surface area contributed by atoms with E-state index in [4.69, 9.17) is 0 Å². The van der Waals surface area contributed by atoms with E-state index in [1.807, 2.05) is 6.20 Å². The van der Waals surface area contributed by atoms with Gasteiger partial charge >= 0.3 is 6.98 Å². The molecular weight excluding hydrogens is 245 g/mol. The highest BCUT2D eigenvalue weighted by molar-refractivity contribution is 6.75. The molecule has 0 fully saturated rings. The van der Waals surface area contributed by atoms with Gasteiger partial charge in [-0.25, -0.2) is 0 Å². The molecule has 3 nitrogen and oxygen atoms in total. The molecule has 0 radical (unpaired) electrons. The molecule has 4 heteroatoms. The molecule has 1 aliphatic heterocycles. The maximum Gasteiger partial charge on any atom is 0.430 e. The van der Waals surface area contributed by atoms with Gasteiger partial charge in [0.05, 0.1) is 5.69 Å². The van der Waals surface area contributed by atoms with E-state index in [-0.39, 0.29) is 6.98 Å². The van der Waals surface area contributed by atoms with Crippen molar-refractivity contribution in [3.8, 4) is 11.3 Å². The van der Waals surface area contributed by atoms with Crippen LogP contribution < -0.4 is 10.7 Å². The Kier molecular flexibility index (Phi) is 2.42. The van der Waals surface area contributed by atoms with E-state index < -0.39 is 0 Å². The van der Waals surface area contributed by atoms with E-state index in [0.717, 1.165) is 11.4 Å². The van der Waals surface area contributed by atoms with Crippen LogP contribution in [0.3, 0.4) is 0 Å². The molecule has 2 heterocycles. The predicted molar refractivity (Wildman–Crippen MR) is 83.3 cm³/mol. The predicted octanol–water partition coefficient (Wildman–Crippen LogP) is 2.53. The third-order valence-corrected chi connectivity index (χ3v) is 3.77. The van der Waals surface area contributed by atoms with Crippen molar-refractivity contribution in [2.75, 3.05) is 5.23 Å². The van der Waals surface area contributed by atoms with Gasteiger partial charge < -0.3 is 5.23 Å². The summed E-state index contributed by atoms with van der Waals surface area (Å²) in [5.74, 6) is 0. The number of rotatable bonds is 1. The molecular formula is C16H14BN3. The second-order valence-electron chi connectivity index (χ2n) is 5.17. The van der Waals surface area contributed by atoms with Gasteiger partial charge in [0.2, 0.25) is 0 Å². The first kappa shape index (κ1) is 11.4.